The van der Waals surface area contributed by atoms with Crippen LogP contribution in [0.5, 0.6) is 5.75 Å². The van der Waals surface area contributed by atoms with Crippen molar-refractivity contribution < 1.29 is 19.1 Å². The third-order valence-electron chi connectivity index (χ3n) is 2.57. The summed E-state index contributed by atoms with van der Waals surface area (Å²) in [6.07, 6.45) is 4.45. The molecule has 0 radical (unpaired) electrons. The second-order valence-electron chi connectivity index (χ2n) is 4.17. The highest BCUT2D eigenvalue weighted by molar-refractivity contribution is 5.81. The molecule has 0 aliphatic heterocycles. The first-order chi connectivity index (χ1) is 9.02. The van der Waals surface area contributed by atoms with Gasteiger partial charge in [0.25, 0.3) is 0 Å². The zero-order chi connectivity index (χ0) is 14.3. The van der Waals surface area contributed by atoms with E-state index in [1.807, 2.05) is 6.92 Å². The van der Waals surface area contributed by atoms with Crippen LogP contribution in [0.15, 0.2) is 33.5 Å². The van der Waals surface area contributed by atoms with Crippen LogP contribution in [-0.2, 0) is 9.53 Å². The summed E-state index contributed by atoms with van der Waals surface area (Å²) in [6.45, 7) is 3.99. The summed E-state index contributed by atoms with van der Waals surface area (Å²) in [7, 11) is 0. The molecular formula is C14H18O5. The lowest BCUT2D eigenvalue weighted by molar-refractivity contribution is -0.137. The summed E-state index contributed by atoms with van der Waals surface area (Å²) in [5.74, 6) is -0.0413. The fourth-order valence-corrected chi connectivity index (χ4v) is 1.58. The van der Waals surface area contributed by atoms with E-state index in [1.165, 1.54) is 12.1 Å². The van der Waals surface area contributed by atoms with Crippen molar-refractivity contribution >= 4 is 5.97 Å². The maximum Gasteiger partial charge on any atom is 0.339 e. The van der Waals surface area contributed by atoms with E-state index in [0.717, 1.165) is 6.07 Å². The van der Waals surface area contributed by atoms with E-state index >= 15 is 0 Å². The van der Waals surface area contributed by atoms with Crippen LogP contribution in [-0.4, -0.2) is 17.7 Å². The van der Waals surface area contributed by atoms with Crippen molar-refractivity contribution in [3.05, 3.63) is 40.5 Å². The van der Waals surface area contributed by atoms with Crippen LogP contribution >= 0.6 is 0 Å². The van der Waals surface area contributed by atoms with Crippen LogP contribution < -0.4 is 5.63 Å². The Hall–Kier alpha value is -2.04. The molecule has 0 aliphatic carbocycles. The third-order valence-corrected chi connectivity index (χ3v) is 2.57. The van der Waals surface area contributed by atoms with Crippen LogP contribution in [0.25, 0.3) is 0 Å². The zero-order valence-corrected chi connectivity index (χ0v) is 11.1. The lowest BCUT2D eigenvalue weighted by atomic mass is 10.0. The Kier molecular flexibility index (Phi) is 5.85. The van der Waals surface area contributed by atoms with Crippen molar-refractivity contribution in [2.24, 2.45) is 0 Å². The molecule has 1 aromatic rings. The summed E-state index contributed by atoms with van der Waals surface area (Å²) >= 11 is 0. The van der Waals surface area contributed by atoms with Gasteiger partial charge in [-0.05, 0) is 19.8 Å². The van der Waals surface area contributed by atoms with Crippen molar-refractivity contribution in [1.82, 2.24) is 0 Å². The van der Waals surface area contributed by atoms with Crippen LogP contribution in [0.2, 0.25) is 0 Å². The van der Waals surface area contributed by atoms with E-state index in [2.05, 4.69) is 0 Å². The van der Waals surface area contributed by atoms with Crippen molar-refractivity contribution in [2.75, 3.05) is 6.61 Å². The highest BCUT2D eigenvalue weighted by Crippen LogP contribution is 2.22. The number of aromatic hydroxyl groups is 1. The largest absolute Gasteiger partial charge is 0.508 e. The van der Waals surface area contributed by atoms with E-state index in [-0.39, 0.29) is 17.6 Å². The van der Waals surface area contributed by atoms with Crippen LogP contribution in [0.4, 0.5) is 0 Å². The normalized spacial score (nSPS) is 12.5. The lowest BCUT2D eigenvalue weighted by Gasteiger charge is -2.08. The van der Waals surface area contributed by atoms with Crippen molar-refractivity contribution in [3.63, 3.8) is 0 Å². The second kappa shape index (κ2) is 7.41. The van der Waals surface area contributed by atoms with E-state index in [0.29, 0.717) is 25.2 Å². The van der Waals surface area contributed by atoms with E-state index in [9.17, 15) is 14.7 Å². The van der Waals surface area contributed by atoms with Gasteiger partial charge in [0.15, 0.2) is 0 Å². The van der Waals surface area contributed by atoms with Crippen molar-refractivity contribution in [1.29, 1.82) is 0 Å². The Morgan fingerprint density at radius 3 is 2.89 bits per heavy atom. The molecule has 0 bridgehead atoms. The lowest BCUT2D eigenvalue weighted by Crippen LogP contribution is -2.02. The topological polar surface area (TPSA) is 76.7 Å². The van der Waals surface area contributed by atoms with Gasteiger partial charge in [-0.2, -0.15) is 0 Å². The Morgan fingerprint density at radius 2 is 2.26 bits per heavy atom. The molecule has 0 aromatic carbocycles. The Balaban J connectivity index is 2.49. The molecule has 19 heavy (non-hydrogen) atoms. The predicted molar refractivity (Wildman–Crippen MR) is 70.1 cm³/mol. The van der Waals surface area contributed by atoms with Gasteiger partial charge in [-0.25, -0.2) is 9.59 Å². The van der Waals surface area contributed by atoms with E-state index in [1.54, 1.807) is 13.0 Å². The Morgan fingerprint density at radius 1 is 1.53 bits per heavy atom. The van der Waals surface area contributed by atoms with E-state index < -0.39 is 5.63 Å². The minimum atomic E-state index is -0.566. The fourth-order valence-electron chi connectivity index (χ4n) is 1.58. The van der Waals surface area contributed by atoms with Crippen molar-refractivity contribution in [3.8, 4) is 5.75 Å². The smallest absolute Gasteiger partial charge is 0.339 e. The van der Waals surface area contributed by atoms with Gasteiger partial charge in [0, 0.05) is 18.1 Å². The molecule has 1 rings (SSSR count). The molecule has 0 saturated carbocycles. The molecule has 0 spiro atoms. The third kappa shape index (κ3) is 5.42. The molecule has 0 amide bonds. The molecule has 0 aliphatic rings. The number of allylic oxidation sites excluding steroid dienone is 1. The molecular weight excluding hydrogens is 248 g/mol. The minimum Gasteiger partial charge on any atom is -0.508 e. The first kappa shape index (κ1) is 15.0. The number of ether oxygens (including phenoxy) is 1. The summed E-state index contributed by atoms with van der Waals surface area (Å²) in [5, 5.41) is 9.31. The maximum atomic E-state index is 11.1. The van der Waals surface area contributed by atoms with Gasteiger partial charge in [0.05, 0.1) is 12.7 Å². The molecule has 0 fully saturated rings. The van der Waals surface area contributed by atoms with Gasteiger partial charge in [-0.1, -0.05) is 13.0 Å². The number of carbonyl (C=O) groups excluding carboxylic acids is 1. The monoisotopic (exact) mass is 266 g/mol. The first-order valence-corrected chi connectivity index (χ1v) is 6.20. The van der Waals surface area contributed by atoms with Gasteiger partial charge >= 0.3 is 11.6 Å². The minimum absolute atomic E-state index is 0.0216. The number of hydrogen-bond acceptors (Lipinski definition) is 5. The van der Waals surface area contributed by atoms with Crippen molar-refractivity contribution in [2.45, 2.75) is 32.6 Å². The molecule has 1 aromatic heterocycles. The number of hydrogen-bond donors (Lipinski definition) is 1. The van der Waals surface area contributed by atoms with Gasteiger partial charge in [0.2, 0.25) is 0 Å². The maximum absolute atomic E-state index is 11.1. The molecule has 1 atom stereocenters. The molecule has 1 heterocycles. The summed E-state index contributed by atoms with van der Waals surface area (Å²) in [4.78, 5) is 22.2. The van der Waals surface area contributed by atoms with Gasteiger partial charge in [0.1, 0.15) is 11.5 Å². The van der Waals surface area contributed by atoms with Gasteiger partial charge < -0.3 is 14.3 Å². The molecule has 104 valence electrons. The first-order valence-electron chi connectivity index (χ1n) is 6.20. The number of carbonyl (C=O) groups is 1. The average molecular weight is 266 g/mol. The molecule has 5 nitrogen and oxygen atoms in total. The van der Waals surface area contributed by atoms with Crippen LogP contribution in [0.1, 0.15) is 38.4 Å². The summed E-state index contributed by atoms with van der Waals surface area (Å²) in [5.41, 5.74) is -0.566. The Labute approximate surface area is 111 Å². The highest BCUT2D eigenvalue weighted by Gasteiger charge is 2.09. The van der Waals surface area contributed by atoms with Crippen LogP contribution in [0.3, 0.4) is 0 Å². The highest BCUT2D eigenvalue weighted by atomic mass is 16.5. The quantitative estimate of drug-likeness (QED) is 0.631. The van der Waals surface area contributed by atoms with Crippen LogP contribution in [0, 0.1) is 0 Å². The SMILES string of the molecule is CCOC(=O)C=CCCC(C)c1cc(O)cc(=O)o1. The number of rotatable bonds is 6. The standard InChI is InChI=1S/C14H18O5/c1-3-18-13(16)7-5-4-6-10(2)12-8-11(15)9-14(17)19-12/h5,7-10,15H,3-4,6H2,1-2H3. The summed E-state index contributed by atoms with van der Waals surface area (Å²) in [6, 6.07) is 2.46. The molecule has 1 unspecified atom stereocenters. The Bertz CT molecular complexity index is 501. The fraction of sp³-hybridized carbons (Fsp3) is 0.429. The predicted octanol–water partition coefficient (Wildman–Crippen LogP) is 2.35. The number of esters is 1. The molecule has 5 heteroatoms. The van der Waals surface area contributed by atoms with Gasteiger partial charge in [-0.3, -0.25) is 0 Å². The average Bonchev–Trinajstić information content (AvgIpc) is 2.33. The summed E-state index contributed by atoms with van der Waals surface area (Å²) < 4.78 is 9.75. The van der Waals surface area contributed by atoms with Gasteiger partial charge in [-0.15, -0.1) is 0 Å². The zero-order valence-electron chi connectivity index (χ0n) is 11.1. The second-order valence-corrected chi connectivity index (χ2v) is 4.17. The molecule has 0 saturated heterocycles. The molecule has 1 N–H and O–H groups in total. The van der Waals surface area contributed by atoms with E-state index in [4.69, 9.17) is 9.15 Å².